The van der Waals surface area contributed by atoms with E-state index in [1.54, 1.807) is 23.7 Å². The summed E-state index contributed by atoms with van der Waals surface area (Å²) in [6, 6.07) is 10.2. The Hall–Kier alpha value is -2.60. The Balaban J connectivity index is 0.000000172. The van der Waals surface area contributed by atoms with Crippen LogP contribution in [0.2, 0.25) is 0 Å². The summed E-state index contributed by atoms with van der Waals surface area (Å²) in [5.41, 5.74) is 6.57. The summed E-state index contributed by atoms with van der Waals surface area (Å²) < 4.78 is 13.8. The van der Waals surface area contributed by atoms with Gasteiger partial charge in [-0.25, -0.2) is 9.78 Å². The highest BCUT2D eigenvalue weighted by Gasteiger charge is 2.23. The number of carboxylic acids is 1. The van der Waals surface area contributed by atoms with E-state index < -0.39 is 5.97 Å². The van der Waals surface area contributed by atoms with Gasteiger partial charge >= 0.3 is 5.97 Å². The average Bonchev–Trinajstić information content (AvgIpc) is 3.61. The number of Topliss-reactive ketones (excluding diaryl/α,β-unsaturated/α-hetero) is 1. The Bertz CT molecular complexity index is 1350. The monoisotopic (exact) mass is 651 g/mol. The van der Waals surface area contributed by atoms with Gasteiger partial charge in [-0.1, -0.05) is 38.8 Å². The Morgan fingerprint density at radius 1 is 1.08 bits per heavy atom. The molecule has 38 heavy (non-hydrogen) atoms. The smallest absolute Gasteiger partial charge is 0.337 e. The van der Waals surface area contributed by atoms with Crippen molar-refractivity contribution in [2.45, 2.75) is 32.1 Å². The molecular weight excluding hydrogens is 622 g/mol. The lowest BCUT2D eigenvalue weighted by Crippen LogP contribution is -2.24. The molecule has 2 unspecified atom stereocenters. The quantitative estimate of drug-likeness (QED) is 0.379. The van der Waals surface area contributed by atoms with E-state index in [0.717, 1.165) is 46.3 Å². The molecule has 2 aliphatic heterocycles. The highest BCUT2D eigenvalue weighted by atomic mass is 79.9. The molecule has 0 bridgehead atoms. The molecule has 11 heteroatoms. The van der Waals surface area contributed by atoms with Gasteiger partial charge in [0.25, 0.3) is 5.56 Å². The number of carboxylic acid groups (broad SMARTS) is 1. The van der Waals surface area contributed by atoms with Gasteiger partial charge in [0.2, 0.25) is 0 Å². The third-order valence-electron chi connectivity index (χ3n) is 6.35. The molecule has 3 N–H and O–H groups in total. The minimum atomic E-state index is -1.00. The van der Waals surface area contributed by atoms with Crippen molar-refractivity contribution >= 4 is 60.2 Å². The van der Waals surface area contributed by atoms with E-state index in [1.807, 2.05) is 25.1 Å². The summed E-state index contributed by atoms with van der Waals surface area (Å²) in [4.78, 5) is 38.3. The second kappa shape index (κ2) is 14.0. The van der Waals surface area contributed by atoms with E-state index in [1.165, 1.54) is 6.07 Å². The summed E-state index contributed by atoms with van der Waals surface area (Å²) in [5.74, 6) is 0.617. The van der Waals surface area contributed by atoms with Crippen LogP contribution < -0.4 is 11.3 Å². The van der Waals surface area contributed by atoms with Crippen molar-refractivity contribution in [2.75, 3.05) is 32.2 Å². The fourth-order valence-corrected chi connectivity index (χ4v) is 4.90. The van der Waals surface area contributed by atoms with Crippen LogP contribution in [-0.2, 0) is 21.3 Å². The number of hydrogen-bond donors (Lipinski definition) is 2. The number of nitrogen functional groups attached to an aromatic ring is 1. The number of nitrogens with zero attached hydrogens (tertiary/aromatic N) is 2. The van der Waals surface area contributed by atoms with E-state index in [9.17, 15) is 14.4 Å². The number of benzene rings is 2. The van der Waals surface area contributed by atoms with Crippen LogP contribution in [0.1, 0.15) is 48.3 Å². The number of nitrogens with two attached hydrogens (primary N) is 1. The van der Waals surface area contributed by atoms with Gasteiger partial charge in [-0.15, -0.1) is 0 Å². The molecule has 1 aromatic heterocycles. The average molecular weight is 653 g/mol. The molecule has 204 valence electrons. The molecule has 0 spiro atoms. The lowest BCUT2D eigenvalue weighted by molar-refractivity contribution is -0.122. The molecule has 0 aliphatic carbocycles. The lowest BCUT2D eigenvalue weighted by Gasteiger charge is -2.13. The van der Waals surface area contributed by atoms with Crippen molar-refractivity contribution in [1.82, 2.24) is 9.55 Å². The second-order valence-electron chi connectivity index (χ2n) is 8.97. The molecule has 3 aromatic rings. The Morgan fingerprint density at radius 3 is 2.32 bits per heavy atom. The first-order valence-electron chi connectivity index (χ1n) is 12.2. The zero-order valence-electron chi connectivity index (χ0n) is 21.3. The van der Waals surface area contributed by atoms with Gasteiger partial charge in [-0.05, 0) is 49.2 Å². The number of ketones is 1. The number of ether oxygens (including phenoxy) is 2. The summed E-state index contributed by atoms with van der Waals surface area (Å²) in [7, 11) is 1.78. The molecular formula is C27H31Br2N3O6. The predicted molar refractivity (Wildman–Crippen MR) is 153 cm³/mol. The van der Waals surface area contributed by atoms with Crippen LogP contribution in [0.5, 0.6) is 0 Å². The predicted octanol–water partition coefficient (Wildman–Crippen LogP) is 4.93. The Morgan fingerprint density at radius 2 is 1.74 bits per heavy atom. The third kappa shape index (κ3) is 7.72. The van der Waals surface area contributed by atoms with Crippen molar-refractivity contribution in [3.63, 3.8) is 0 Å². The first-order valence-corrected chi connectivity index (χ1v) is 13.8. The van der Waals surface area contributed by atoms with Crippen LogP contribution in [0.4, 0.5) is 5.69 Å². The number of carbonyl (C=O) groups excluding carboxylic acids is 1. The van der Waals surface area contributed by atoms with Crippen LogP contribution in [0.15, 0.2) is 50.1 Å². The first kappa shape index (κ1) is 29.9. The Labute approximate surface area is 237 Å². The third-order valence-corrected chi connectivity index (χ3v) is 7.33. The van der Waals surface area contributed by atoms with Gasteiger partial charge in [-0.2, -0.15) is 0 Å². The summed E-state index contributed by atoms with van der Waals surface area (Å²) >= 11 is 6.58. The maximum atomic E-state index is 12.3. The molecule has 2 aromatic carbocycles. The first-order chi connectivity index (χ1) is 18.1. The second-order valence-corrected chi connectivity index (χ2v) is 10.8. The number of aromatic nitrogens is 2. The maximum absolute atomic E-state index is 12.3. The molecule has 3 heterocycles. The number of rotatable bonds is 4. The van der Waals surface area contributed by atoms with E-state index in [-0.39, 0.29) is 28.6 Å². The van der Waals surface area contributed by atoms with Gasteiger partial charge in [0.15, 0.2) is 0 Å². The van der Waals surface area contributed by atoms with E-state index in [4.69, 9.17) is 20.3 Å². The number of aromatic carboxylic acids is 1. The minimum absolute atomic E-state index is 0.00870. The van der Waals surface area contributed by atoms with Gasteiger partial charge in [0, 0.05) is 53.2 Å². The number of fused-ring (bicyclic) bond motifs is 1. The van der Waals surface area contributed by atoms with Crippen molar-refractivity contribution in [1.29, 1.82) is 0 Å². The molecule has 9 nitrogen and oxygen atoms in total. The van der Waals surface area contributed by atoms with Crippen molar-refractivity contribution in [3.05, 3.63) is 67.1 Å². The van der Waals surface area contributed by atoms with Crippen LogP contribution in [0, 0.1) is 5.92 Å². The molecule has 2 atom stereocenters. The van der Waals surface area contributed by atoms with Gasteiger partial charge in [0.1, 0.15) is 11.6 Å². The molecule has 0 saturated carbocycles. The highest BCUT2D eigenvalue weighted by molar-refractivity contribution is 9.10. The highest BCUT2D eigenvalue weighted by Crippen LogP contribution is 2.24. The fourth-order valence-electron chi connectivity index (χ4n) is 4.17. The van der Waals surface area contributed by atoms with Crippen LogP contribution >= 0.6 is 31.9 Å². The minimum Gasteiger partial charge on any atom is -0.478 e. The van der Waals surface area contributed by atoms with Crippen LogP contribution in [0.3, 0.4) is 0 Å². The van der Waals surface area contributed by atoms with Crippen molar-refractivity contribution < 1.29 is 24.2 Å². The van der Waals surface area contributed by atoms with Crippen LogP contribution in [0.25, 0.3) is 10.9 Å². The Kier molecular flexibility index (Phi) is 11.0. The fraction of sp³-hybridized carbons (Fsp3) is 0.407. The number of anilines is 1. The zero-order valence-corrected chi connectivity index (χ0v) is 24.5. The molecule has 5 rings (SSSR count). The standard InChI is InChI=1S/C13H13BrN2O2.C7H6BrNO2.C7H12O2/c1-16-12(8-4-5-18-7-8)15-11-6-9(14)2-3-10(11)13(16)17;8-4-1-2-5(7(10)11)6(9)3-4;1-2-7(8)6-3-4-9-5-6/h2-3,6,8H,4-5,7H2,1H3;1-3H,9H2,(H,10,11);6H,2-5H2,1H3. The van der Waals surface area contributed by atoms with E-state index in [2.05, 4.69) is 36.8 Å². The van der Waals surface area contributed by atoms with E-state index >= 15 is 0 Å². The largest absolute Gasteiger partial charge is 0.478 e. The number of hydrogen-bond acceptors (Lipinski definition) is 7. The van der Waals surface area contributed by atoms with Crippen molar-refractivity contribution in [2.24, 2.45) is 13.0 Å². The number of carbonyl (C=O) groups is 2. The van der Waals surface area contributed by atoms with Gasteiger partial charge in [-0.3, -0.25) is 14.2 Å². The molecule has 2 aliphatic rings. The maximum Gasteiger partial charge on any atom is 0.337 e. The topological polar surface area (TPSA) is 134 Å². The van der Waals surface area contributed by atoms with E-state index in [0.29, 0.717) is 30.8 Å². The van der Waals surface area contributed by atoms with Gasteiger partial charge in [0.05, 0.1) is 29.7 Å². The summed E-state index contributed by atoms with van der Waals surface area (Å²) in [5, 5.41) is 9.22. The SMILES string of the molecule is CCC(=O)C1CCOC1.Cn1c(C2CCOC2)nc2cc(Br)ccc2c1=O.Nc1cc(Br)ccc1C(=O)O. The molecule has 2 saturated heterocycles. The zero-order chi connectivity index (χ0) is 27.8. The lowest BCUT2D eigenvalue weighted by atomic mass is 10.0. The van der Waals surface area contributed by atoms with Crippen LogP contribution in [-0.4, -0.2) is 52.8 Å². The molecule has 0 amide bonds. The van der Waals surface area contributed by atoms with Crippen molar-refractivity contribution in [3.8, 4) is 0 Å². The summed E-state index contributed by atoms with van der Waals surface area (Å²) in [6.07, 6.45) is 2.53. The number of halogens is 2. The molecule has 2 fully saturated rings. The summed E-state index contributed by atoms with van der Waals surface area (Å²) in [6.45, 7) is 4.74. The normalized spacial score (nSPS) is 18.3. The molecule has 0 radical (unpaired) electrons. The van der Waals surface area contributed by atoms with Gasteiger partial charge < -0.3 is 20.3 Å².